The topological polar surface area (TPSA) is 27.7 Å². The van der Waals surface area contributed by atoms with Gasteiger partial charge in [0.2, 0.25) is 0 Å². The van der Waals surface area contributed by atoms with Gasteiger partial charge in [-0.25, -0.2) is 8.78 Å². The number of piperidine rings is 1. The zero-order valence-electron chi connectivity index (χ0n) is 14.0. The van der Waals surface area contributed by atoms with Gasteiger partial charge in [0.15, 0.2) is 11.6 Å². The molecule has 2 atom stereocenters. The van der Waals surface area contributed by atoms with E-state index in [-0.39, 0.29) is 24.8 Å². The van der Waals surface area contributed by atoms with Gasteiger partial charge in [-0.3, -0.25) is 4.90 Å². The summed E-state index contributed by atoms with van der Waals surface area (Å²) < 4.78 is 32.3. The van der Waals surface area contributed by atoms with Crippen molar-refractivity contribution in [3.8, 4) is 0 Å². The average Bonchev–Trinajstić information content (AvgIpc) is 3.02. The van der Waals surface area contributed by atoms with Crippen molar-refractivity contribution in [3.63, 3.8) is 0 Å². The molecular weight excluding hydrogens is 371 g/mol. The summed E-state index contributed by atoms with van der Waals surface area (Å²) in [6.45, 7) is 5.59. The molecule has 142 valence electrons. The molecule has 3 heterocycles. The fourth-order valence-corrected chi connectivity index (χ4v) is 4.09. The SMILES string of the molecule is Cl.Cl.Fc1ccc(N2CCC(N3C[C@@H]4NCCO[C@H]4C3)CC2)cc1F. The Hall–Kier alpha value is -0.660. The fraction of sp³-hybridized carbons (Fsp3) is 0.647. The molecule has 3 fully saturated rings. The van der Waals surface area contributed by atoms with E-state index in [9.17, 15) is 8.78 Å². The Morgan fingerprint density at radius 3 is 2.48 bits per heavy atom. The summed E-state index contributed by atoms with van der Waals surface area (Å²) in [5, 5.41) is 3.54. The smallest absolute Gasteiger partial charge is 0.160 e. The number of hydrogen-bond donors (Lipinski definition) is 1. The van der Waals surface area contributed by atoms with Crippen molar-refractivity contribution in [1.82, 2.24) is 10.2 Å². The largest absolute Gasteiger partial charge is 0.374 e. The van der Waals surface area contributed by atoms with Crippen LogP contribution in [0, 0.1) is 11.6 Å². The number of likely N-dealkylation sites (tertiary alicyclic amines) is 1. The second-order valence-electron chi connectivity index (χ2n) is 6.74. The van der Waals surface area contributed by atoms with E-state index in [1.807, 2.05) is 0 Å². The number of rotatable bonds is 2. The van der Waals surface area contributed by atoms with Gasteiger partial charge in [0.25, 0.3) is 0 Å². The van der Waals surface area contributed by atoms with Gasteiger partial charge in [0.1, 0.15) is 0 Å². The number of nitrogens with zero attached hydrogens (tertiary/aromatic N) is 2. The predicted octanol–water partition coefficient (Wildman–Crippen LogP) is 2.45. The molecule has 0 saturated carbocycles. The highest BCUT2D eigenvalue weighted by molar-refractivity contribution is 5.85. The van der Waals surface area contributed by atoms with Crippen molar-refractivity contribution in [1.29, 1.82) is 0 Å². The van der Waals surface area contributed by atoms with Crippen molar-refractivity contribution < 1.29 is 13.5 Å². The van der Waals surface area contributed by atoms with Crippen LogP contribution in [0.4, 0.5) is 14.5 Å². The highest BCUT2D eigenvalue weighted by Crippen LogP contribution is 2.27. The molecule has 3 saturated heterocycles. The summed E-state index contributed by atoms with van der Waals surface area (Å²) in [7, 11) is 0. The zero-order chi connectivity index (χ0) is 15.8. The van der Waals surface area contributed by atoms with Gasteiger partial charge in [-0.1, -0.05) is 0 Å². The van der Waals surface area contributed by atoms with Crippen LogP contribution in [0.25, 0.3) is 0 Å². The van der Waals surface area contributed by atoms with Crippen LogP contribution >= 0.6 is 24.8 Å². The number of ether oxygens (including phenoxy) is 1. The second kappa shape index (κ2) is 8.82. The van der Waals surface area contributed by atoms with Crippen LogP contribution in [0.5, 0.6) is 0 Å². The number of hydrogen-bond acceptors (Lipinski definition) is 4. The van der Waals surface area contributed by atoms with Gasteiger partial charge in [-0.15, -0.1) is 24.8 Å². The fourth-order valence-electron chi connectivity index (χ4n) is 4.09. The average molecular weight is 396 g/mol. The highest BCUT2D eigenvalue weighted by atomic mass is 35.5. The van der Waals surface area contributed by atoms with E-state index in [4.69, 9.17) is 4.74 Å². The zero-order valence-corrected chi connectivity index (χ0v) is 15.6. The maximum absolute atomic E-state index is 13.4. The molecule has 3 aliphatic rings. The number of benzene rings is 1. The summed E-state index contributed by atoms with van der Waals surface area (Å²) >= 11 is 0. The number of halogens is 4. The molecule has 0 aliphatic carbocycles. The molecule has 4 rings (SSSR count). The molecule has 1 aromatic carbocycles. The molecule has 3 aliphatic heterocycles. The summed E-state index contributed by atoms with van der Waals surface area (Å²) in [6, 6.07) is 5.21. The Bertz CT molecular complexity index is 559. The molecule has 0 radical (unpaired) electrons. The van der Waals surface area contributed by atoms with Gasteiger partial charge in [0.05, 0.1) is 12.7 Å². The molecule has 8 heteroatoms. The van der Waals surface area contributed by atoms with Gasteiger partial charge >= 0.3 is 0 Å². The Labute approximate surface area is 159 Å². The van der Waals surface area contributed by atoms with E-state index in [0.717, 1.165) is 57.9 Å². The summed E-state index contributed by atoms with van der Waals surface area (Å²) in [5.41, 5.74) is 0.780. The van der Waals surface area contributed by atoms with Crippen LogP contribution in [0.3, 0.4) is 0 Å². The highest BCUT2D eigenvalue weighted by Gasteiger charge is 2.39. The third-order valence-corrected chi connectivity index (χ3v) is 5.38. The minimum atomic E-state index is -0.782. The first-order chi connectivity index (χ1) is 11.2. The predicted molar refractivity (Wildman–Crippen MR) is 99.2 cm³/mol. The Kier molecular flexibility index (Phi) is 7.29. The molecule has 0 unspecified atom stereocenters. The lowest BCUT2D eigenvalue weighted by Gasteiger charge is -2.37. The first kappa shape index (κ1) is 20.6. The van der Waals surface area contributed by atoms with Crippen molar-refractivity contribution in [2.24, 2.45) is 0 Å². The standard InChI is InChI=1S/C17H23F2N3O.2ClH/c18-14-2-1-13(9-15(14)19)21-6-3-12(4-7-21)22-10-16-17(11-22)23-8-5-20-16;;/h1-2,9,12,16-17,20H,3-8,10-11H2;2*1H/t16-,17-;;/m0../s1. The molecule has 4 nitrogen and oxygen atoms in total. The van der Waals surface area contributed by atoms with Crippen LogP contribution in [-0.4, -0.2) is 62.4 Å². The van der Waals surface area contributed by atoms with Crippen LogP contribution in [-0.2, 0) is 4.74 Å². The number of anilines is 1. The van der Waals surface area contributed by atoms with Crippen LogP contribution in [0.15, 0.2) is 18.2 Å². The third-order valence-electron chi connectivity index (χ3n) is 5.38. The maximum atomic E-state index is 13.4. The lowest BCUT2D eigenvalue weighted by atomic mass is 10.0. The van der Waals surface area contributed by atoms with Gasteiger partial charge in [-0.2, -0.15) is 0 Å². The van der Waals surface area contributed by atoms with Gasteiger partial charge < -0.3 is 15.0 Å². The molecule has 0 aromatic heterocycles. The van der Waals surface area contributed by atoms with E-state index in [1.54, 1.807) is 6.07 Å². The van der Waals surface area contributed by atoms with Crippen molar-refractivity contribution >= 4 is 30.5 Å². The summed E-state index contributed by atoms with van der Waals surface area (Å²) in [6.07, 6.45) is 2.43. The van der Waals surface area contributed by atoms with E-state index in [1.165, 1.54) is 12.1 Å². The molecule has 0 amide bonds. The first-order valence-corrected chi connectivity index (χ1v) is 8.50. The quantitative estimate of drug-likeness (QED) is 0.832. The van der Waals surface area contributed by atoms with E-state index in [2.05, 4.69) is 15.1 Å². The lowest BCUT2D eigenvalue weighted by Crippen LogP contribution is -2.47. The molecule has 25 heavy (non-hydrogen) atoms. The molecule has 1 N–H and O–H groups in total. The Balaban J connectivity index is 0.00000113. The number of nitrogens with one attached hydrogen (secondary N) is 1. The third kappa shape index (κ3) is 4.37. The number of fused-ring (bicyclic) bond motifs is 1. The second-order valence-corrected chi connectivity index (χ2v) is 6.74. The van der Waals surface area contributed by atoms with Crippen LogP contribution in [0.2, 0.25) is 0 Å². The Morgan fingerprint density at radius 1 is 1.04 bits per heavy atom. The van der Waals surface area contributed by atoms with Crippen molar-refractivity contribution in [2.45, 2.75) is 31.0 Å². The summed E-state index contributed by atoms with van der Waals surface area (Å²) in [5.74, 6) is -1.55. The minimum Gasteiger partial charge on any atom is -0.374 e. The molecular formula is C17H25Cl2F2N3O. The van der Waals surface area contributed by atoms with Crippen LogP contribution in [0.1, 0.15) is 12.8 Å². The van der Waals surface area contributed by atoms with E-state index in [0.29, 0.717) is 18.2 Å². The maximum Gasteiger partial charge on any atom is 0.160 e. The lowest BCUT2D eigenvalue weighted by molar-refractivity contribution is 0.0160. The minimum absolute atomic E-state index is 0. The van der Waals surface area contributed by atoms with E-state index >= 15 is 0 Å². The van der Waals surface area contributed by atoms with Crippen molar-refractivity contribution in [3.05, 3.63) is 29.8 Å². The monoisotopic (exact) mass is 395 g/mol. The number of morpholine rings is 1. The van der Waals surface area contributed by atoms with Gasteiger partial charge in [0, 0.05) is 56.6 Å². The molecule has 1 aromatic rings. The van der Waals surface area contributed by atoms with Crippen LogP contribution < -0.4 is 10.2 Å². The Morgan fingerprint density at radius 2 is 1.80 bits per heavy atom. The molecule has 0 bridgehead atoms. The van der Waals surface area contributed by atoms with E-state index < -0.39 is 11.6 Å². The first-order valence-electron chi connectivity index (χ1n) is 8.50. The van der Waals surface area contributed by atoms with Gasteiger partial charge in [-0.05, 0) is 25.0 Å². The normalized spacial score (nSPS) is 27.4. The summed E-state index contributed by atoms with van der Waals surface area (Å²) in [4.78, 5) is 4.69. The van der Waals surface area contributed by atoms with Crippen molar-refractivity contribution in [2.75, 3.05) is 44.2 Å². The molecule has 0 spiro atoms.